The quantitative estimate of drug-likeness (QED) is 0.471. The van der Waals surface area contributed by atoms with Crippen LogP contribution in [-0.2, 0) is 9.53 Å². The van der Waals surface area contributed by atoms with Crippen molar-refractivity contribution in [2.45, 2.75) is 26.9 Å². The van der Waals surface area contributed by atoms with E-state index in [1.54, 1.807) is 31.2 Å². The summed E-state index contributed by atoms with van der Waals surface area (Å²) in [4.78, 5) is 30.2. The SMILES string of the molecule is COc1cc(-c2cc(C(=O)OC(C)C(=O)NCC(C)C)c3ccccc3n2)cc(OC)c1OC. The minimum atomic E-state index is -0.942. The Kier molecular flexibility index (Phi) is 7.94. The molecule has 8 nitrogen and oxygen atoms in total. The van der Waals surface area contributed by atoms with E-state index in [4.69, 9.17) is 23.9 Å². The molecule has 0 fully saturated rings. The van der Waals surface area contributed by atoms with Crippen molar-refractivity contribution in [2.24, 2.45) is 5.92 Å². The van der Waals surface area contributed by atoms with Crippen molar-refractivity contribution in [3.05, 3.63) is 48.0 Å². The molecule has 3 rings (SSSR count). The van der Waals surface area contributed by atoms with Gasteiger partial charge in [0.1, 0.15) is 0 Å². The highest BCUT2D eigenvalue weighted by Crippen LogP contribution is 2.41. The molecule has 0 radical (unpaired) electrons. The zero-order valence-electron chi connectivity index (χ0n) is 20.3. The van der Waals surface area contributed by atoms with Crippen molar-refractivity contribution in [3.8, 4) is 28.5 Å². The summed E-state index contributed by atoms with van der Waals surface area (Å²) in [5.74, 6) is 0.718. The molecule has 1 heterocycles. The molecule has 1 unspecified atom stereocenters. The largest absolute Gasteiger partial charge is 0.493 e. The van der Waals surface area contributed by atoms with Crippen LogP contribution in [0.5, 0.6) is 17.2 Å². The van der Waals surface area contributed by atoms with Crippen molar-refractivity contribution < 1.29 is 28.5 Å². The smallest absolute Gasteiger partial charge is 0.339 e. The van der Waals surface area contributed by atoms with Crippen LogP contribution in [0.4, 0.5) is 0 Å². The van der Waals surface area contributed by atoms with Gasteiger partial charge in [0.15, 0.2) is 17.6 Å². The summed E-state index contributed by atoms with van der Waals surface area (Å²) in [5, 5.41) is 3.40. The third kappa shape index (κ3) is 5.39. The molecule has 180 valence electrons. The summed E-state index contributed by atoms with van der Waals surface area (Å²) in [5.41, 5.74) is 2.09. The highest BCUT2D eigenvalue weighted by Gasteiger charge is 2.22. The van der Waals surface area contributed by atoms with Gasteiger partial charge in [0, 0.05) is 17.5 Å². The Bertz CT molecular complexity index is 1170. The Balaban J connectivity index is 2.03. The van der Waals surface area contributed by atoms with Gasteiger partial charge in [-0.1, -0.05) is 32.0 Å². The first-order valence-corrected chi connectivity index (χ1v) is 11.0. The van der Waals surface area contributed by atoms with Crippen molar-refractivity contribution in [1.82, 2.24) is 10.3 Å². The lowest BCUT2D eigenvalue weighted by Gasteiger charge is -2.17. The number of hydrogen-bond donors (Lipinski definition) is 1. The molecule has 0 aliphatic rings. The van der Waals surface area contributed by atoms with Gasteiger partial charge in [-0.2, -0.15) is 0 Å². The van der Waals surface area contributed by atoms with Crippen molar-refractivity contribution in [1.29, 1.82) is 0 Å². The van der Waals surface area contributed by atoms with E-state index in [1.165, 1.54) is 21.3 Å². The third-order valence-corrected chi connectivity index (χ3v) is 5.23. The summed E-state index contributed by atoms with van der Waals surface area (Å²) < 4.78 is 21.8. The molecular formula is C26H30N2O6. The molecule has 1 N–H and O–H groups in total. The summed E-state index contributed by atoms with van der Waals surface area (Å²) in [7, 11) is 4.59. The average Bonchev–Trinajstić information content (AvgIpc) is 2.85. The van der Waals surface area contributed by atoms with Crippen molar-refractivity contribution >= 4 is 22.8 Å². The molecule has 0 aliphatic carbocycles. The minimum absolute atomic E-state index is 0.289. The van der Waals surface area contributed by atoms with Gasteiger partial charge < -0.3 is 24.3 Å². The van der Waals surface area contributed by atoms with Crippen LogP contribution in [0, 0.1) is 5.92 Å². The number of nitrogens with one attached hydrogen (secondary N) is 1. The van der Waals surface area contributed by atoms with Crippen LogP contribution >= 0.6 is 0 Å². The van der Waals surface area contributed by atoms with E-state index in [2.05, 4.69) is 5.32 Å². The van der Waals surface area contributed by atoms with E-state index in [1.807, 2.05) is 32.0 Å². The molecule has 1 atom stereocenters. The number of carbonyl (C=O) groups is 2. The molecule has 0 spiro atoms. The number of nitrogens with zero attached hydrogens (tertiary/aromatic N) is 1. The molecule has 0 aliphatic heterocycles. The Hall–Kier alpha value is -3.81. The number of aromatic nitrogens is 1. The Morgan fingerprint density at radius 3 is 2.18 bits per heavy atom. The van der Waals surface area contributed by atoms with E-state index in [9.17, 15) is 9.59 Å². The lowest BCUT2D eigenvalue weighted by atomic mass is 10.0. The Morgan fingerprint density at radius 1 is 0.941 bits per heavy atom. The predicted molar refractivity (Wildman–Crippen MR) is 130 cm³/mol. The second kappa shape index (κ2) is 10.9. The zero-order chi connectivity index (χ0) is 24.8. The number of carbonyl (C=O) groups excluding carboxylic acids is 2. The first kappa shape index (κ1) is 24.8. The van der Waals surface area contributed by atoms with Gasteiger partial charge in [-0.3, -0.25) is 4.79 Å². The third-order valence-electron chi connectivity index (χ3n) is 5.23. The maximum absolute atomic E-state index is 13.1. The summed E-state index contributed by atoms with van der Waals surface area (Å²) in [6.45, 7) is 6.04. The molecule has 8 heteroatoms. The van der Waals surface area contributed by atoms with Gasteiger partial charge in [0.05, 0.1) is 38.1 Å². The van der Waals surface area contributed by atoms with Crippen LogP contribution < -0.4 is 19.5 Å². The van der Waals surface area contributed by atoms with Crippen LogP contribution in [0.25, 0.3) is 22.2 Å². The number of para-hydroxylation sites is 1. The Labute approximate surface area is 199 Å². The topological polar surface area (TPSA) is 96.0 Å². The van der Waals surface area contributed by atoms with E-state index in [0.717, 1.165) is 0 Å². The van der Waals surface area contributed by atoms with Gasteiger partial charge in [-0.15, -0.1) is 0 Å². The highest BCUT2D eigenvalue weighted by molar-refractivity contribution is 6.05. The van der Waals surface area contributed by atoms with Gasteiger partial charge in [0.2, 0.25) is 5.75 Å². The number of fused-ring (bicyclic) bond motifs is 1. The van der Waals surface area contributed by atoms with Crippen LogP contribution in [0.3, 0.4) is 0 Å². The molecule has 34 heavy (non-hydrogen) atoms. The molecular weight excluding hydrogens is 436 g/mol. The monoisotopic (exact) mass is 466 g/mol. The van der Waals surface area contributed by atoms with Crippen molar-refractivity contribution in [3.63, 3.8) is 0 Å². The van der Waals surface area contributed by atoms with E-state index in [0.29, 0.717) is 51.5 Å². The normalized spacial score (nSPS) is 11.7. The average molecular weight is 467 g/mol. The summed E-state index contributed by atoms with van der Waals surface area (Å²) in [6.07, 6.45) is -0.942. The minimum Gasteiger partial charge on any atom is -0.493 e. The lowest BCUT2D eigenvalue weighted by Crippen LogP contribution is -2.37. The standard InChI is InChI=1S/C26H30N2O6/c1-15(2)14-27-25(29)16(3)34-26(30)19-13-21(28-20-10-8-7-9-18(19)20)17-11-22(31-4)24(33-6)23(12-17)32-5/h7-13,15-16H,14H2,1-6H3,(H,27,29). The lowest BCUT2D eigenvalue weighted by molar-refractivity contribution is -0.129. The molecule has 0 saturated carbocycles. The van der Waals surface area contributed by atoms with Crippen LogP contribution in [0.1, 0.15) is 31.1 Å². The van der Waals surface area contributed by atoms with Crippen molar-refractivity contribution in [2.75, 3.05) is 27.9 Å². The van der Waals surface area contributed by atoms with Gasteiger partial charge in [0.25, 0.3) is 5.91 Å². The van der Waals surface area contributed by atoms with E-state index in [-0.39, 0.29) is 11.8 Å². The van der Waals surface area contributed by atoms with Crippen LogP contribution in [-0.4, -0.2) is 50.8 Å². The molecule has 1 aromatic heterocycles. The molecule has 3 aromatic rings. The fraction of sp³-hybridized carbons (Fsp3) is 0.346. The molecule has 1 amide bonds. The fourth-order valence-electron chi connectivity index (χ4n) is 3.45. The number of hydrogen-bond acceptors (Lipinski definition) is 7. The van der Waals surface area contributed by atoms with Crippen LogP contribution in [0.15, 0.2) is 42.5 Å². The second-order valence-corrected chi connectivity index (χ2v) is 8.17. The van der Waals surface area contributed by atoms with Gasteiger partial charge in [-0.25, -0.2) is 9.78 Å². The summed E-state index contributed by atoms with van der Waals surface area (Å²) in [6, 6.07) is 12.4. The van der Waals surface area contributed by atoms with E-state index >= 15 is 0 Å². The number of esters is 1. The van der Waals surface area contributed by atoms with Crippen LogP contribution in [0.2, 0.25) is 0 Å². The van der Waals surface area contributed by atoms with E-state index < -0.39 is 12.1 Å². The molecule has 0 bridgehead atoms. The first-order valence-electron chi connectivity index (χ1n) is 11.0. The van der Waals surface area contributed by atoms with Gasteiger partial charge >= 0.3 is 5.97 Å². The zero-order valence-corrected chi connectivity index (χ0v) is 20.3. The van der Waals surface area contributed by atoms with Gasteiger partial charge in [-0.05, 0) is 37.1 Å². The number of methoxy groups -OCH3 is 3. The number of pyridine rings is 1. The maximum atomic E-state index is 13.1. The maximum Gasteiger partial charge on any atom is 0.339 e. The molecule has 2 aromatic carbocycles. The predicted octanol–water partition coefficient (Wildman–Crippen LogP) is 4.25. The first-order chi connectivity index (χ1) is 16.3. The number of amides is 1. The number of rotatable bonds is 9. The highest BCUT2D eigenvalue weighted by atomic mass is 16.5. The molecule has 0 saturated heterocycles. The number of benzene rings is 2. The summed E-state index contributed by atoms with van der Waals surface area (Å²) >= 11 is 0. The Morgan fingerprint density at radius 2 is 1.59 bits per heavy atom. The number of ether oxygens (including phenoxy) is 4. The second-order valence-electron chi connectivity index (χ2n) is 8.17. The fourth-order valence-corrected chi connectivity index (χ4v) is 3.45.